The molecule has 0 spiro atoms. The van der Waals surface area contributed by atoms with E-state index in [1.807, 2.05) is 0 Å². The lowest BCUT2D eigenvalue weighted by molar-refractivity contribution is 0.188. The van der Waals surface area contributed by atoms with Gasteiger partial charge in [0.15, 0.2) is 0 Å². The largest absolute Gasteiger partial charge is 0.379 e. The summed E-state index contributed by atoms with van der Waals surface area (Å²) >= 11 is 0. The molecule has 1 aliphatic heterocycles. The van der Waals surface area contributed by atoms with Crippen molar-refractivity contribution in [2.75, 3.05) is 19.8 Å². The molecule has 2 amide bonds. The van der Waals surface area contributed by atoms with Crippen LogP contribution in [0, 0.1) is 5.92 Å². The maximum Gasteiger partial charge on any atom is 0.315 e. The van der Waals surface area contributed by atoms with Crippen LogP contribution in [0.5, 0.6) is 0 Å². The number of hydrogen-bond acceptors (Lipinski definition) is 2. The van der Waals surface area contributed by atoms with E-state index in [2.05, 4.69) is 10.6 Å². The minimum atomic E-state index is -0.0405. The second kappa shape index (κ2) is 5.35. The van der Waals surface area contributed by atoms with Gasteiger partial charge in [-0.3, -0.25) is 0 Å². The lowest BCUT2D eigenvalue weighted by Crippen LogP contribution is -2.42. The van der Waals surface area contributed by atoms with Gasteiger partial charge in [0.1, 0.15) is 0 Å². The Morgan fingerprint density at radius 3 is 2.87 bits per heavy atom. The van der Waals surface area contributed by atoms with Crippen molar-refractivity contribution in [3.05, 3.63) is 0 Å². The Morgan fingerprint density at radius 1 is 1.33 bits per heavy atom. The summed E-state index contributed by atoms with van der Waals surface area (Å²) < 4.78 is 5.18. The third-order valence-corrected chi connectivity index (χ3v) is 3.04. The highest BCUT2D eigenvalue weighted by atomic mass is 16.5. The van der Waals surface area contributed by atoms with Crippen molar-refractivity contribution in [2.45, 2.75) is 38.1 Å². The van der Waals surface area contributed by atoms with Gasteiger partial charge in [-0.1, -0.05) is 12.8 Å². The van der Waals surface area contributed by atoms with Crippen LogP contribution in [-0.2, 0) is 4.74 Å². The summed E-state index contributed by atoms with van der Waals surface area (Å²) in [4.78, 5) is 11.4. The highest BCUT2D eigenvalue weighted by Crippen LogP contribution is 2.33. The molecule has 1 aliphatic carbocycles. The second-order valence-electron chi connectivity index (χ2n) is 4.55. The van der Waals surface area contributed by atoms with Crippen LogP contribution in [0.25, 0.3) is 0 Å². The van der Waals surface area contributed by atoms with E-state index in [-0.39, 0.29) is 12.1 Å². The van der Waals surface area contributed by atoms with E-state index in [9.17, 15) is 4.79 Å². The van der Waals surface area contributed by atoms with Gasteiger partial charge in [-0.2, -0.15) is 0 Å². The van der Waals surface area contributed by atoms with Crippen molar-refractivity contribution in [1.29, 1.82) is 0 Å². The molecule has 1 saturated carbocycles. The summed E-state index contributed by atoms with van der Waals surface area (Å²) in [5.41, 5.74) is 0. The van der Waals surface area contributed by atoms with Gasteiger partial charge in [-0.15, -0.1) is 0 Å². The molecule has 1 heterocycles. The summed E-state index contributed by atoms with van der Waals surface area (Å²) in [5.74, 6) is 0.957. The van der Waals surface area contributed by atoms with E-state index in [0.717, 1.165) is 31.9 Å². The Hall–Kier alpha value is -0.770. The number of nitrogens with one attached hydrogen (secondary N) is 2. The van der Waals surface area contributed by atoms with Crippen molar-refractivity contribution in [1.82, 2.24) is 10.6 Å². The first-order chi connectivity index (χ1) is 7.34. The van der Waals surface area contributed by atoms with E-state index in [1.54, 1.807) is 0 Å². The van der Waals surface area contributed by atoms with Gasteiger partial charge in [0.25, 0.3) is 0 Å². The number of carbonyl (C=O) groups excluding carboxylic acids is 1. The molecule has 1 atom stereocenters. The Morgan fingerprint density at radius 2 is 2.20 bits per heavy atom. The van der Waals surface area contributed by atoms with Crippen molar-refractivity contribution < 1.29 is 9.53 Å². The Balaban J connectivity index is 1.47. The van der Waals surface area contributed by atoms with Crippen LogP contribution in [0.15, 0.2) is 0 Å². The molecule has 0 aromatic heterocycles. The van der Waals surface area contributed by atoms with Gasteiger partial charge >= 0.3 is 6.03 Å². The summed E-state index contributed by atoms with van der Waals surface area (Å²) in [6.45, 7) is 2.23. The normalized spacial score (nSPS) is 25.2. The lowest BCUT2D eigenvalue weighted by Gasteiger charge is -2.11. The Labute approximate surface area is 90.8 Å². The average Bonchev–Trinajstić information content (AvgIpc) is 2.91. The van der Waals surface area contributed by atoms with Crippen LogP contribution in [0.1, 0.15) is 32.1 Å². The van der Waals surface area contributed by atoms with Gasteiger partial charge in [0.05, 0.1) is 12.6 Å². The maximum absolute atomic E-state index is 11.4. The smallest absolute Gasteiger partial charge is 0.315 e. The summed E-state index contributed by atoms with van der Waals surface area (Å²) in [6.07, 6.45) is 6.11. The fourth-order valence-electron chi connectivity index (χ4n) is 1.88. The number of urea groups is 1. The number of amides is 2. The van der Waals surface area contributed by atoms with Gasteiger partial charge in [-0.25, -0.2) is 4.79 Å². The fraction of sp³-hybridized carbons (Fsp3) is 0.909. The average molecular weight is 212 g/mol. The summed E-state index contributed by atoms with van der Waals surface area (Å²) in [5, 5.41) is 5.79. The molecule has 2 rings (SSSR count). The Kier molecular flexibility index (Phi) is 3.83. The zero-order valence-electron chi connectivity index (χ0n) is 9.13. The van der Waals surface area contributed by atoms with Crippen molar-refractivity contribution in [3.63, 3.8) is 0 Å². The minimum absolute atomic E-state index is 0.0405. The van der Waals surface area contributed by atoms with E-state index in [4.69, 9.17) is 4.74 Å². The molecule has 15 heavy (non-hydrogen) atoms. The van der Waals surface area contributed by atoms with Gasteiger partial charge in [-0.05, 0) is 25.2 Å². The molecule has 0 aromatic carbocycles. The van der Waals surface area contributed by atoms with Crippen molar-refractivity contribution >= 4 is 6.03 Å². The molecule has 2 aliphatic rings. The third kappa shape index (κ3) is 4.08. The molecule has 0 radical (unpaired) electrons. The molecule has 4 heteroatoms. The molecule has 0 aromatic rings. The van der Waals surface area contributed by atoms with Gasteiger partial charge in [0, 0.05) is 13.2 Å². The molecule has 1 unspecified atom stereocenters. The predicted octanol–water partition coefficient (Wildman–Crippen LogP) is 1.26. The third-order valence-electron chi connectivity index (χ3n) is 3.04. The number of rotatable bonds is 5. The van der Waals surface area contributed by atoms with Gasteiger partial charge < -0.3 is 15.4 Å². The van der Waals surface area contributed by atoms with E-state index in [1.165, 1.54) is 19.3 Å². The molecule has 0 bridgehead atoms. The summed E-state index contributed by atoms with van der Waals surface area (Å²) in [7, 11) is 0. The zero-order valence-corrected chi connectivity index (χ0v) is 9.13. The molecule has 2 N–H and O–H groups in total. The molecular weight excluding hydrogens is 192 g/mol. The predicted molar refractivity (Wildman–Crippen MR) is 57.7 cm³/mol. The maximum atomic E-state index is 11.4. The van der Waals surface area contributed by atoms with Crippen LogP contribution < -0.4 is 10.6 Å². The zero-order chi connectivity index (χ0) is 10.5. The fourth-order valence-corrected chi connectivity index (χ4v) is 1.88. The number of carbonyl (C=O) groups is 1. The molecule has 1 saturated heterocycles. The highest BCUT2D eigenvalue weighted by Gasteiger charge is 2.20. The van der Waals surface area contributed by atoms with E-state index in [0.29, 0.717) is 6.61 Å². The van der Waals surface area contributed by atoms with E-state index < -0.39 is 0 Å². The quantitative estimate of drug-likeness (QED) is 0.674. The second-order valence-corrected chi connectivity index (χ2v) is 4.55. The first-order valence-corrected chi connectivity index (χ1v) is 5.96. The van der Waals surface area contributed by atoms with Crippen LogP contribution in [0.4, 0.5) is 4.79 Å². The molecular formula is C11H20N2O2. The van der Waals surface area contributed by atoms with Crippen LogP contribution >= 0.6 is 0 Å². The Bertz CT molecular complexity index is 211. The highest BCUT2D eigenvalue weighted by molar-refractivity contribution is 5.74. The van der Waals surface area contributed by atoms with Crippen LogP contribution in [0.2, 0.25) is 0 Å². The monoisotopic (exact) mass is 212 g/mol. The number of hydrogen-bond donors (Lipinski definition) is 2. The molecule has 86 valence electrons. The standard InChI is InChI=1S/C11H20N2O2/c14-11(13-10-5-7-15-8-10)12-6-1-2-9-3-4-9/h9-10H,1-8H2,(H2,12,13,14). The molecule has 2 fully saturated rings. The topological polar surface area (TPSA) is 50.4 Å². The first kappa shape index (κ1) is 10.7. The van der Waals surface area contributed by atoms with Gasteiger partial charge in [0.2, 0.25) is 0 Å². The van der Waals surface area contributed by atoms with Crippen molar-refractivity contribution in [2.24, 2.45) is 5.92 Å². The summed E-state index contributed by atoms with van der Waals surface area (Å²) in [6, 6.07) is 0.176. The number of ether oxygens (including phenoxy) is 1. The lowest BCUT2D eigenvalue weighted by atomic mass is 10.2. The SMILES string of the molecule is O=C(NCCCC1CC1)NC1CCOC1. The van der Waals surface area contributed by atoms with Crippen LogP contribution in [0.3, 0.4) is 0 Å². The first-order valence-electron chi connectivity index (χ1n) is 5.96. The van der Waals surface area contributed by atoms with Crippen LogP contribution in [-0.4, -0.2) is 31.8 Å². The molecule has 4 nitrogen and oxygen atoms in total. The van der Waals surface area contributed by atoms with Crippen molar-refractivity contribution in [3.8, 4) is 0 Å². The van der Waals surface area contributed by atoms with E-state index >= 15 is 0 Å². The minimum Gasteiger partial charge on any atom is -0.379 e.